The number of aromatic hydroxyl groups is 2. The summed E-state index contributed by atoms with van der Waals surface area (Å²) in [5.41, 5.74) is 5.37. The standard InChI is InChI=1S/C27H34O5.C17H24O4.C10H12O2/c1-16-14-21(15-17(2)23(16)29)22(28)11-10-20-12-18(3)24(19(4)13-20)31-27(8,9)25(30)32-26(5,6)7;1-11-8-13(10-18)9-12(2)14(11)20-17(6,7)15(19)21-16(3,4)5;1-6-4-9(8(3)11)5-7(2)10(6)12/h10-15,29H,1-9H3;8-10H,1-7H3;4-5,12H,1-3H3/b11-10+;;. The molecule has 0 aliphatic rings. The van der Waals surface area contributed by atoms with Crippen molar-refractivity contribution in [2.45, 2.75) is 154 Å². The van der Waals surface area contributed by atoms with Crippen LogP contribution >= 0.6 is 0 Å². The van der Waals surface area contributed by atoms with E-state index in [2.05, 4.69) is 0 Å². The zero-order chi connectivity index (χ0) is 50.2. The van der Waals surface area contributed by atoms with Crippen LogP contribution in [0.5, 0.6) is 23.0 Å². The fourth-order valence-corrected chi connectivity index (χ4v) is 6.37. The van der Waals surface area contributed by atoms with Gasteiger partial charge in [0.25, 0.3) is 0 Å². The molecule has 4 aromatic carbocycles. The predicted molar refractivity (Wildman–Crippen MR) is 257 cm³/mol. The molecule has 0 unspecified atom stereocenters. The molecule has 4 rings (SSSR count). The highest BCUT2D eigenvalue weighted by Gasteiger charge is 2.37. The topological polar surface area (TPSA) is 163 Å². The van der Waals surface area contributed by atoms with E-state index in [1.165, 1.54) is 13.0 Å². The van der Waals surface area contributed by atoms with Crippen LogP contribution in [0.1, 0.15) is 157 Å². The zero-order valence-corrected chi connectivity index (χ0v) is 41.9. The lowest BCUT2D eigenvalue weighted by atomic mass is 10.0. The van der Waals surface area contributed by atoms with Crippen LogP contribution in [0.3, 0.4) is 0 Å². The van der Waals surface area contributed by atoms with Crippen LogP contribution in [-0.2, 0) is 19.1 Å². The summed E-state index contributed by atoms with van der Waals surface area (Å²) < 4.78 is 22.8. The fourth-order valence-electron chi connectivity index (χ4n) is 6.37. The number of ether oxygens (including phenoxy) is 4. The number of phenolic OH excluding ortho intramolecular Hbond substituents is 2. The average Bonchev–Trinajstić information content (AvgIpc) is 3.16. The molecule has 0 aliphatic carbocycles. The highest BCUT2D eigenvalue weighted by Crippen LogP contribution is 2.32. The van der Waals surface area contributed by atoms with Crippen LogP contribution in [0, 0.1) is 55.4 Å². The molecule has 2 N–H and O–H groups in total. The van der Waals surface area contributed by atoms with Crippen molar-refractivity contribution in [3.63, 3.8) is 0 Å². The van der Waals surface area contributed by atoms with Crippen LogP contribution in [-0.4, -0.2) is 62.4 Å². The van der Waals surface area contributed by atoms with Crippen LogP contribution in [0.25, 0.3) is 6.08 Å². The molecule has 0 saturated heterocycles. The summed E-state index contributed by atoms with van der Waals surface area (Å²) in [6, 6.07) is 14.0. The smallest absolute Gasteiger partial charge is 0.350 e. The molecular weight excluding hydrogens is 825 g/mol. The molecule has 352 valence electrons. The number of hydrogen-bond acceptors (Lipinski definition) is 11. The van der Waals surface area contributed by atoms with E-state index in [-0.39, 0.29) is 23.1 Å². The Bertz CT molecular complexity index is 2360. The van der Waals surface area contributed by atoms with Gasteiger partial charge in [-0.05, 0) is 236 Å². The molecule has 0 atom stereocenters. The molecule has 11 heteroatoms. The van der Waals surface area contributed by atoms with Crippen molar-refractivity contribution in [2.24, 2.45) is 0 Å². The third-order valence-corrected chi connectivity index (χ3v) is 9.70. The lowest BCUT2D eigenvalue weighted by Gasteiger charge is -2.30. The maximum atomic E-state index is 12.6. The van der Waals surface area contributed by atoms with Crippen molar-refractivity contribution in [2.75, 3.05) is 0 Å². The summed E-state index contributed by atoms with van der Waals surface area (Å²) in [5, 5.41) is 19.3. The molecule has 0 fully saturated rings. The molecule has 0 saturated carbocycles. The second-order valence-corrected chi connectivity index (χ2v) is 19.5. The zero-order valence-electron chi connectivity index (χ0n) is 41.9. The molecule has 0 aromatic heterocycles. The second kappa shape index (κ2) is 21.6. The number of hydrogen-bond donors (Lipinski definition) is 2. The first-order valence-corrected chi connectivity index (χ1v) is 21.5. The minimum atomic E-state index is -1.15. The van der Waals surface area contributed by atoms with Gasteiger partial charge in [-0.15, -0.1) is 0 Å². The third kappa shape index (κ3) is 16.4. The van der Waals surface area contributed by atoms with E-state index in [9.17, 15) is 34.2 Å². The van der Waals surface area contributed by atoms with Gasteiger partial charge in [-0.1, -0.05) is 6.08 Å². The number of phenols is 2. The fraction of sp³-hybridized carbons (Fsp3) is 0.426. The first kappa shape index (κ1) is 54.9. The van der Waals surface area contributed by atoms with E-state index >= 15 is 0 Å². The largest absolute Gasteiger partial charge is 0.507 e. The lowest BCUT2D eigenvalue weighted by molar-refractivity contribution is -0.171. The monoisotopic (exact) mass is 894 g/mol. The molecule has 0 spiro atoms. The number of benzene rings is 4. The number of carbonyl (C=O) groups excluding carboxylic acids is 5. The Kier molecular flexibility index (Phi) is 18.3. The quantitative estimate of drug-likeness (QED) is 0.0637. The van der Waals surface area contributed by atoms with Gasteiger partial charge in [0.1, 0.15) is 40.5 Å². The summed E-state index contributed by atoms with van der Waals surface area (Å²) >= 11 is 0. The summed E-state index contributed by atoms with van der Waals surface area (Å²) in [7, 11) is 0. The van der Waals surface area contributed by atoms with E-state index < -0.39 is 34.3 Å². The normalized spacial score (nSPS) is 11.7. The number of ketones is 2. The van der Waals surface area contributed by atoms with Gasteiger partial charge in [-0.2, -0.15) is 0 Å². The molecule has 0 radical (unpaired) electrons. The van der Waals surface area contributed by atoms with Crippen molar-refractivity contribution in [1.29, 1.82) is 0 Å². The van der Waals surface area contributed by atoms with Crippen LogP contribution in [0.15, 0.2) is 54.6 Å². The number of aldehydes is 1. The maximum absolute atomic E-state index is 12.6. The summed E-state index contributed by atoms with van der Waals surface area (Å²) in [5.74, 6) is 0.748. The SMILES string of the molecule is CC(=O)c1cc(C)c(O)c(C)c1.Cc1cc(C(=O)/C=C/c2cc(C)c(OC(C)(C)C(=O)OC(C)(C)C)c(C)c2)cc(C)c1O.Cc1cc(C=O)cc(C)c1OC(C)(C)C(=O)OC(C)(C)C. The Morgan fingerprint density at radius 3 is 1.08 bits per heavy atom. The predicted octanol–water partition coefficient (Wildman–Crippen LogP) is 11.8. The van der Waals surface area contributed by atoms with Gasteiger partial charge in [0.2, 0.25) is 0 Å². The Labute approximate surface area is 386 Å². The number of rotatable bonds is 11. The first-order valence-electron chi connectivity index (χ1n) is 21.5. The Morgan fingerprint density at radius 2 is 0.785 bits per heavy atom. The Morgan fingerprint density at radius 1 is 0.477 bits per heavy atom. The molecule has 0 heterocycles. The van der Waals surface area contributed by atoms with E-state index in [0.717, 1.165) is 45.2 Å². The van der Waals surface area contributed by atoms with E-state index in [1.54, 1.807) is 97.9 Å². The number of aryl methyl sites for hydroxylation is 8. The molecule has 65 heavy (non-hydrogen) atoms. The van der Waals surface area contributed by atoms with Gasteiger partial charge in [0.05, 0.1) is 0 Å². The van der Waals surface area contributed by atoms with E-state index in [0.29, 0.717) is 39.3 Å². The molecule has 0 amide bonds. The summed E-state index contributed by atoms with van der Waals surface area (Å²) in [6.07, 6.45) is 4.07. The highest BCUT2D eigenvalue weighted by atomic mass is 16.6. The van der Waals surface area contributed by atoms with Gasteiger partial charge in [0.15, 0.2) is 22.8 Å². The van der Waals surface area contributed by atoms with Crippen molar-refractivity contribution >= 4 is 35.9 Å². The van der Waals surface area contributed by atoms with Crippen molar-refractivity contribution < 1.29 is 53.1 Å². The van der Waals surface area contributed by atoms with Crippen molar-refractivity contribution in [3.05, 3.63) is 121 Å². The third-order valence-electron chi connectivity index (χ3n) is 9.70. The van der Waals surface area contributed by atoms with Gasteiger partial charge in [-0.3, -0.25) is 14.4 Å². The summed E-state index contributed by atoms with van der Waals surface area (Å²) in [6.45, 7) is 33.8. The van der Waals surface area contributed by atoms with Crippen LogP contribution < -0.4 is 9.47 Å². The molecule has 0 bridgehead atoms. The van der Waals surface area contributed by atoms with Gasteiger partial charge in [-0.25, -0.2) is 9.59 Å². The van der Waals surface area contributed by atoms with Gasteiger partial charge >= 0.3 is 11.9 Å². The van der Waals surface area contributed by atoms with Crippen molar-refractivity contribution in [1.82, 2.24) is 0 Å². The first-order chi connectivity index (χ1) is 29.6. The maximum Gasteiger partial charge on any atom is 0.350 e. The number of esters is 2. The molecular formula is C54H70O11. The van der Waals surface area contributed by atoms with Crippen LogP contribution in [0.4, 0.5) is 0 Å². The average molecular weight is 895 g/mol. The minimum Gasteiger partial charge on any atom is -0.507 e. The van der Waals surface area contributed by atoms with E-state index in [4.69, 9.17) is 18.9 Å². The molecule has 4 aromatic rings. The molecule has 0 aliphatic heterocycles. The summed E-state index contributed by atoms with van der Waals surface area (Å²) in [4.78, 5) is 59.2. The minimum absolute atomic E-state index is 0.0289. The van der Waals surface area contributed by atoms with Crippen LogP contribution in [0.2, 0.25) is 0 Å². The Balaban J connectivity index is 0.000000375. The van der Waals surface area contributed by atoms with Gasteiger partial charge < -0.3 is 29.2 Å². The number of carbonyl (C=O) groups is 5. The van der Waals surface area contributed by atoms with Gasteiger partial charge in [0, 0.05) is 16.7 Å². The lowest BCUT2D eigenvalue weighted by Crippen LogP contribution is -2.43. The molecule has 11 nitrogen and oxygen atoms in total. The number of Topliss-reactive ketones (excluding diaryl/α,β-unsaturated/α-hetero) is 1. The Hall–Kier alpha value is -6.23. The van der Waals surface area contributed by atoms with E-state index in [1.807, 2.05) is 81.4 Å². The second-order valence-electron chi connectivity index (χ2n) is 19.5. The number of allylic oxidation sites excluding steroid dienone is 1. The highest BCUT2D eigenvalue weighted by molar-refractivity contribution is 6.07. The van der Waals surface area contributed by atoms with Crippen molar-refractivity contribution in [3.8, 4) is 23.0 Å².